The van der Waals surface area contributed by atoms with Crippen molar-refractivity contribution < 1.29 is 36.6 Å². The van der Waals surface area contributed by atoms with Gasteiger partial charge in [-0.1, -0.05) is 6.07 Å². The zero-order valence-electron chi connectivity index (χ0n) is 19.3. The SMILES string of the molecule is C[C@H](Nc1nccc(N2C(=O)OCC2[C@@H](C)OC(C)(C)C)n1)c1ccc(OC(F)(F)F)cc1F. The quantitative estimate of drug-likeness (QED) is 0.538. The molecule has 1 aromatic heterocycles. The fourth-order valence-corrected chi connectivity index (χ4v) is 3.56. The van der Waals surface area contributed by atoms with Gasteiger partial charge in [-0.15, -0.1) is 13.2 Å². The van der Waals surface area contributed by atoms with Crippen LogP contribution in [0.15, 0.2) is 30.5 Å². The Morgan fingerprint density at radius 1 is 1.21 bits per heavy atom. The van der Waals surface area contributed by atoms with Gasteiger partial charge >= 0.3 is 12.5 Å². The van der Waals surface area contributed by atoms with E-state index in [4.69, 9.17) is 9.47 Å². The molecule has 34 heavy (non-hydrogen) atoms. The molecule has 3 atom stereocenters. The third-order valence-electron chi connectivity index (χ3n) is 4.89. The number of amides is 1. The van der Waals surface area contributed by atoms with Gasteiger partial charge in [-0.05, 0) is 46.8 Å². The number of alkyl halides is 3. The van der Waals surface area contributed by atoms with Crippen molar-refractivity contribution in [1.29, 1.82) is 0 Å². The minimum atomic E-state index is -4.92. The summed E-state index contributed by atoms with van der Waals surface area (Å²) in [6.45, 7) is 9.26. The Morgan fingerprint density at radius 3 is 2.53 bits per heavy atom. The molecule has 1 amide bonds. The van der Waals surface area contributed by atoms with Crippen LogP contribution < -0.4 is 15.0 Å². The number of halogens is 4. The van der Waals surface area contributed by atoms with E-state index in [0.717, 1.165) is 6.07 Å². The van der Waals surface area contributed by atoms with Crippen LogP contribution in [0.1, 0.15) is 46.2 Å². The van der Waals surface area contributed by atoms with Crippen molar-refractivity contribution in [1.82, 2.24) is 9.97 Å². The Balaban J connectivity index is 1.77. The van der Waals surface area contributed by atoms with Gasteiger partial charge in [0.1, 0.15) is 30.0 Å². The molecule has 0 bridgehead atoms. The monoisotopic (exact) mass is 486 g/mol. The summed E-state index contributed by atoms with van der Waals surface area (Å²) in [6, 6.07) is 3.24. The third-order valence-corrected chi connectivity index (χ3v) is 4.89. The lowest BCUT2D eigenvalue weighted by atomic mass is 10.1. The van der Waals surface area contributed by atoms with Gasteiger partial charge in [0.05, 0.1) is 17.7 Å². The van der Waals surface area contributed by atoms with Gasteiger partial charge in [0.2, 0.25) is 5.95 Å². The highest BCUT2D eigenvalue weighted by Gasteiger charge is 2.40. The standard InChI is InChI=1S/C22H26F4N4O4/c1-12(15-7-6-14(10-16(15)23)34-22(24,25)26)28-19-27-9-8-18(29-19)30-17(11-32-20(30)31)13(2)33-21(3,4)5/h6-10,12-13,17H,11H2,1-5H3,(H,27,28,29)/t12-,13+,17?/m0/s1. The molecule has 3 rings (SSSR count). The van der Waals surface area contributed by atoms with Crippen molar-refractivity contribution in [2.24, 2.45) is 0 Å². The molecular weight excluding hydrogens is 460 g/mol. The number of nitrogens with zero attached hydrogens (tertiary/aromatic N) is 3. The summed E-state index contributed by atoms with van der Waals surface area (Å²) in [7, 11) is 0. The largest absolute Gasteiger partial charge is 0.573 e. The molecule has 1 N–H and O–H groups in total. The van der Waals surface area contributed by atoms with E-state index < -0.39 is 41.7 Å². The molecular formula is C22H26F4N4O4. The Hall–Kier alpha value is -3.15. The van der Waals surface area contributed by atoms with E-state index in [0.29, 0.717) is 6.07 Å². The molecule has 1 aliphatic heterocycles. The Labute approximate surface area is 194 Å². The van der Waals surface area contributed by atoms with Crippen LogP contribution in [-0.4, -0.2) is 46.8 Å². The van der Waals surface area contributed by atoms with Crippen molar-refractivity contribution in [3.8, 4) is 5.75 Å². The Bertz CT molecular complexity index is 1030. The Morgan fingerprint density at radius 2 is 1.91 bits per heavy atom. The van der Waals surface area contributed by atoms with Gasteiger partial charge in [0.15, 0.2) is 0 Å². The van der Waals surface area contributed by atoms with E-state index in [2.05, 4.69) is 20.0 Å². The normalized spacial score (nSPS) is 18.4. The highest BCUT2D eigenvalue weighted by Crippen LogP contribution is 2.29. The lowest BCUT2D eigenvalue weighted by Gasteiger charge is -2.31. The van der Waals surface area contributed by atoms with Crippen LogP contribution in [0.2, 0.25) is 0 Å². The highest BCUT2D eigenvalue weighted by atomic mass is 19.4. The fraction of sp³-hybridized carbons (Fsp3) is 0.500. The van der Waals surface area contributed by atoms with Crippen LogP contribution >= 0.6 is 0 Å². The molecule has 1 saturated heterocycles. The van der Waals surface area contributed by atoms with E-state index in [1.165, 1.54) is 23.2 Å². The highest BCUT2D eigenvalue weighted by molar-refractivity contribution is 5.89. The minimum Gasteiger partial charge on any atom is -0.447 e. The van der Waals surface area contributed by atoms with E-state index in [9.17, 15) is 22.4 Å². The number of nitrogens with one attached hydrogen (secondary N) is 1. The molecule has 1 aromatic carbocycles. The molecule has 0 saturated carbocycles. The first-order valence-corrected chi connectivity index (χ1v) is 10.5. The second kappa shape index (κ2) is 9.61. The summed E-state index contributed by atoms with van der Waals surface area (Å²) < 4.78 is 66.4. The third kappa shape index (κ3) is 6.46. The zero-order chi connectivity index (χ0) is 25.3. The number of cyclic esters (lactones) is 1. The van der Waals surface area contributed by atoms with Gasteiger partial charge in [-0.25, -0.2) is 14.2 Å². The number of rotatable bonds is 7. The van der Waals surface area contributed by atoms with Crippen LogP contribution in [0.25, 0.3) is 0 Å². The number of carbonyl (C=O) groups is 1. The summed E-state index contributed by atoms with van der Waals surface area (Å²) in [4.78, 5) is 22.2. The maximum atomic E-state index is 14.4. The second-order valence-corrected chi connectivity index (χ2v) is 8.79. The summed E-state index contributed by atoms with van der Waals surface area (Å²) in [5.74, 6) is -1.21. The van der Waals surface area contributed by atoms with Gasteiger partial charge in [0, 0.05) is 17.8 Å². The maximum Gasteiger partial charge on any atom is 0.573 e. The van der Waals surface area contributed by atoms with Crippen molar-refractivity contribution in [3.05, 3.63) is 41.8 Å². The summed E-state index contributed by atoms with van der Waals surface area (Å²) in [6.07, 6.45) is -4.44. The summed E-state index contributed by atoms with van der Waals surface area (Å²) in [5.41, 5.74) is -0.357. The van der Waals surface area contributed by atoms with Crippen LogP contribution in [0.5, 0.6) is 5.75 Å². The second-order valence-electron chi connectivity index (χ2n) is 8.79. The van der Waals surface area contributed by atoms with Crippen LogP contribution in [0, 0.1) is 5.82 Å². The molecule has 1 aliphatic rings. The molecule has 1 fully saturated rings. The fourth-order valence-electron chi connectivity index (χ4n) is 3.56. The molecule has 12 heteroatoms. The van der Waals surface area contributed by atoms with Gasteiger partial charge in [-0.2, -0.15) is 4.98 Å². The number of carbonyl (C=O) groups excluding carboxylic acids is 1. The summed E-state index contributed by atoms with van der Waals surface area (Å²) >= 11 is 0. The number of hydrogen-bond acceptors (Lipinski definition) is 7. The van der Waals surface area contributed by atoms with Gasteiger partial charge in [0.25, 0.3) is 0 Å². The predicted molar refractivity (Wildman–Crippen MR) is 115 cm³/mol. The first-order chi connectivity index (χ1) is 15.7. The predicted octanol–water partition coefficient (Wildman–Crippen LogP) is 5.22. The number of benzene rings is 1. The average molecular weight is 486 g/mol. The van der Waals surface area contributed by atoms with E-state index >= 15 is 0 Å². The van der Waals surface area contributed by atoms with E-state index in [1.54, 1.807) is 6.92 Å². The van der Waals surface area contributed by atoms with Crippen LogP contribution in [-0.2, 0) is 9.47 Å². The minimum absolute atomic E-state index is 0.0779. The molecule has 186 valence electrons. The molecule has 8 nitrogen and oxygen atoms in total. The number of hydrogen-bond donors (Lipinski definition) is 1. The Kier molecular flexibility index (Phi) is 7.20. The lowest BCUT2D eigenvalue weighted by Crippen LogP contribution is -2.45. The van der Waals surface area contributed by atoms with Crippen LogP contribution in [0.3, 0.4) is 0 Å². The van der Waals surface area contributed by atoms with E-state index in [-0.39, 0.29) is 30.0 Å². The number of aromatic nitrogens is 2. The average Bonchev–Trinajstić information content (AvgIpc) is 3.07. The van der Waals surface area contributed by atoms with Crippen molar-refractivity contribution >= 4 is 17.9 Å². The van der Waals surface area contributed by atoms with Crippen molar-refractivity contribution in [3.63, 3.8) is 0 Å². The van der Waals surface area contributed by atoms with Gasteiger partial charge in [-0.3, -0.25) is 4.90 Å². The van der Waals surface area contributed by atoms with Crippen molar-refractivity contribution in [2.75, 3.05) is 16.8 Å². The molecule has 2 aromatic rings. The lowest BCUT2D eigenvalue weighted by molar-refractivity contribution is -0.274. The molecule has 2 heterocycles. The molecule has 1 unspecified atom stereocenters. The summed E-state index contributed by atoms with van der Waals surface area (Å²) in [5, 5.41) is 2.89. The number of ether oxygens (including phenoxy) is 3. The first-order valence-electron chi connectivity index (χ1n) is 10.5. The molecule has 0 aliphatic carbocycles. The molecule has 0 spiro atoms. The van der Waals surface area contributed by atoms with Crippen LogP contribution in [0.4, 0.5) is 34.1 Å². The zero-order valence-corrected chi connectivity index (χ0v) is 19.3. The maximum absolute atomic E-state index is 14.4. The van der Waals surface area contributed by atoms with E-state index in [1.807, 2.05) is 27.7 Å². The number of anilines is 2. The topological polar surface area (TPSA) is 85.8 Å². The van der Waals surface area contributed by atoms with Gasteiger partial charge < -0.3 is 19.5 Å². The van der Waals surface area contributed by atoms with Crippen molar-refractivity contribution in [2.45, 2.75) is 64.8 Å². The molecule has 0 radical (unpaired) electrons. The first kappa shape index (κ1) is 25.5. The smallest absolute Gasteiger partial charge is 0.447 e.